The lowest BCUT2D eigenvalue weighted by molar-refractivity contribution is 0.273. The van der Waals surface area contributed by atoms with E-state index >= 15 is 0 Å². The van der Waals surface area contributed by atoms with Crippen LogP contribution in [0.1, 0.15) is 20.3 Å². The van der Waals surface area contributed by atoms with Gasteiger partial charge in [0.2, 0.25) is 5.95 Å². The molecule has 0 saturated heterocycles. The molecule has 1 N–H and O–H groups in total. The molecule has 86 valence electrons. The van der Waals surface area contributed by atoms with Gasteiger partial charge in [-0.25, -0.2) is 4.68 Å². The van der Waals surface area contributed by atoms with Crippen LogP contribution >= 0.6 is 0 Å². The summed E-state index contributed by atoms with van der Waals surface area (Å²) in [7, 11) is 3.96. The Balaban J connectivity index is 2.15. The number of nitrogens with zero attached hydrogens (tertiary/aromatic N) is 5. The maximum absolute atomic E-state index is 3.84. The highest BCUT2D eigenvalue weighted by Gasteiger charge is 2.03. The Labute approximate surface area is 90.6 Å². The Morgan fingerprint density at radius 3 is 2.73 bits per heavy atom. The van der Waals surface area contributed by atoms with Gasteiger partial charge in [-0.2, -0.15) is 0 Å². The Hall–Kier alpha value is -1.17. The fourth-order valence-corrected chi connectivity index (χ4v) is 1.17. The lowest BCUT2D eigenvalue weighted by atomic mass is 10.3. The maximum atomic E-state index is 3.84. The summed E-state index contributed by atoms with van der Waals surface area (Å²) in [5, 5.41) is 14.3. The largest absolute Gasteiger partial charge is 0.353 e. The van der Waals surface area contributed by atoms with Gasteiger partial charge in [-0.1, -0.05) is 5.10 Å². The summed E-state index contributed by atoms with van der Waals surface area (Å²) < 4.78 is 1.63. The summed E-state index contributed by atoms with van der Waals surface area (Å²) in [6.45, 7) is 6.36. The van der Waals surface area contributed by atoms with Gasteiger partial charge in [-0.05, 0) is 44.3 Å². The molecule has 0 unspecified atom stereocenters. The van der Waals surface area contributed by atoms with Crippen molar-refractivity contribution >= 4 is 5.95 Å². The molecule has 0 aliphatic rings. The van der Waals surface area contributed by atoms with E-state index in [2.05, 4.69) is 46.6 Å². The van der Waals surface area contributed by atoms with E-state index in [1.165, 1.54) is 0 Å². The Morgan fingerprint density at radius 1 is 1.47 bits per heavy atom. The molecule has 0 aromatic carbocycles. The molecular weight excluding hydrogens is 192 g/mol. The average Bonchev–Trinajstić information content (AvgIpc) is 2.58. The Kier molecular flexibility index (Phi) is 4.48. The number of anilines is 1. The van der Waals surface area contributed by atoms with Crippen molar-refractivity contribution in [3.05, 3.63) is 0 Å². The smallest absolute Gasteiger partial charge is 0.242 e. The van der Waals surface area contributed by atoms with Gasteiger partial charge in [-0.3, -0.25) is 0 Å². The van der Waals surface area contributed by atoms with E-state index in [0.29, 0.717) is 6.04 Å². The molecule has 0 atom stereocenters. The van der Waals surface area contributed by atoms with Crippen LogP contribution in [0.15, 0.2) is 0 Å². The average molecular weight is 212 g/mol. The molecule has 0 fully saturated rings. The van der Waals surface area contributed by atoms with Gasteiger partial charge >= 0.3 is 0 Å². The summed E-state index contributed by atoms with van der Waals surface area (Å²) in [4.78, 5) is 2.32. The van der Waals surface area contributed by atoms with E-state index in [0.717, 1.165) is 25.5 Å². The molecule has 0 saturated carbocycles. The molecule has 0 bridgehead atoms. The monoisotopic (exact) mass is 212 g/mol. The minimum Gasteiger partial charge on any atom is -0.353 e. The number of hydrogen-bond donors (Lipinski definition) is 1. The highest BCUT2D eigenvalue weighted by atomic mass is 15.6. The van der Waals surface area contributed by atoms with Gasteiger partial charge in [-0.15, -0.1) is 0 Å². The third-order valence-corrected chi connectivity index (χ3v) is 2.47. The van der Waals surface area contributed by atoms with Crippen LogP contribution in [0.5, 0.6) is 0 Å². The summed E-state index contributed by atoms with van der Waals surface area (Å²) >= 11 is 0. The second kappa shape index (κ2) is 5.65. The number of aryl methyl sites for hydroxylation is 1. The summed E-state index contributed by atoms with van der Waals surface area (Å²) in [5.74, 6) is 0.724. The standard InChI is InChI=1S/C9H20N6/c1-8(2)14(3)7-5-6-10-9-11-12-13-15(9)4/h8H,5-7H2,1-4H3,(H,10,11,13). The van der Waals surface area contributed by atoms with Crippen LogP contribution in [0, 0.1) is 0 Å². The fraction of sp³-hybridized carbons (Fsp3) is 0.889. The number of tetrazole rings is 1. The molecule has 15 heavy (non-hydrogen) atoms. The fourth-order valence-electron chi connectivity index (χ4n) is 1.17. The lowest BCUT2D eigenvalue weighted by Crippen LogP contribution is -2.28. The SMILES string of the molecule is CC(C)N(C)CCCNc1nnnn1C. The predicted octanol–water partition coefficient (Wildman–Crippen LogP) is 0.352. The molecule has 0 amide bonds. The van der Waals surface area contributed by atoms with Gasteiger partial charge in [0.05, 0.1) is 0 Å². The molecule has 0 spiro atoms. The number of hydrogen-bond acceptors (Lipinski definition) is 5. The first-order chi connectivity index (χ1) is 7.11. The van der Waals surface area contributed by atoms with E-state index in [1.807, 2.05) is 7.05 Å². The maximum Gasteiger partial charge on any atom is 0.242 e. The van der Waals surface area contributed by atoms with Crippen LogP contribution in [-0.2, 0) is 7.05 Å². The molecule has 1 rings (SSSR count). The van der Waals surface area contributed by atoms with Gasteiger partial charge < -0.3 is 10.2 Å². The van der Waals surface area contributed by atoms with Crippen LogP contribution in [0.25, 0.3) is 0 Å². The van der Waals surface area contributed by atoms with Crippen molar-refractivity contribution in [3.8, 4) is 0 Å². The van der Waals surface area contributed by atoms with Gasteiger partial charge in [0.15, 0.2) is 0 Å². The van der Waals surface area contributed by atoms with Crippen molar-refractivity contribution in [1.82, 2.24) is 25.1 Å². The minimum atomic E-state index is 0.599. The van der Waals surface area contributed by atoms with E-state index in [4.69, 9.17) is 0 Å². The molecule has 1 aromatic heterocycles. The van der Waals surface area contributed by atoms with Gasteiger partial charge in [0.1, 0.15) is 0 Å². The zero-order valence-corrected chi connectivity index (χ0v) is 9.93. The summed E-state index contributed by atoms with van der Waals surface area (Å²) in [5.41, 5.74) is 0. The number of rotatable bonds is 6. The lowest BCUT2D eigenvalue weighted by Gasteiger charge is -2.20. The first-order valence-electron chi connectivity index (χ1n) is 5.27. The minimum absolute atomic E-state index is 0.599. The van der Waals surface area contributed by atoms with Crippen LogP contribution in [-0.4, -0.2) is 51.3 Å². The summed E-state index contributed by atoms with van der Waals surface area (Å²) in [6, 6.07) is 0.599. The highest BCUT2D eigenvalue weighted by Crippen LogP contribution is 1.98. The second-order valence-corrected chi connectivity index (χ2v) is 3.98. The number of aromatic nitrogens is 4. The van der Waals surface area contributed by atoms with Crippen molar-refractivity contribution in [1.29, 1.82) is 0 Å². The predicted molar refractivity (Wildman–Crippen MR) is 59.7 cm³/mol. The van der Waals surface area contributed by atoms with Crippen LogP contribution in [0.2, 0.25) is 0 Å². The van der Waals surface area contributed by atoms with Crippen molar-refractivity contribution in [3.63, 3.8) is 0 Å². The zero-order valence-electron chi connectivity index (χ0n) is 9.93. The van der Waals surface area contributed by atoms with Crippen molar-refractivity contribution in [2.24, 2.45) is 7.05 Å². The number of nitrogens with one attached hydrogen (secondary N) is 1. The molecule has 1 heterocycles. The van der Waals surface area contributed by atoms with Crippen LogP contribution in [0.3, 0.4) is 0 Å². The second-order valence-electron chi connectivity index (χ2n) is 3.98. The topological polar surface area (TPSA) is 58.9 Å². The summed E-state index contributed by atoms with van der Waals surface area (Å²) in [6.07, 6.45) is 1.08. The molecule has 1 aromatic rings. The Morgan fingerprint density at radius 2 is 2.20 bits per heavy atom. The quantitative estimate of drug-likeness (QED) is 0.690. The first-order valence-corrected chi connectivity index (χ1v) is 5.27. The van der Waals surface area contributed by atoms with Gasteiger partial charge in [0, 0.05) is 19.6 Å². The van der Waals surface area contributed by atoms with Crippen molar-refractivity contribution in [2.45, 2.75) is 26.3 Å². The van der Waals surface area contributed by atoms with E-state index in [-0.39, 0.29) is 0 Å². The van der Waals surface area contributed by atoms with Gasteiger partial charge in [0.25, 0.3) is 0 Å². The van der Waals surface area contributed by atoms with Crippen molar-refractivity contribution in [2.75, 3.05) is 25.5 Å². The molecule has 0 aliphatic carbocycles. The van der Waals surface area contributed by atoms with Crippen LogP contribution in [0.4, 0.5) is 5.95 Å². The normalized spacial score (nSPS) is 11.3. The van der Waals surface area contributed by atoms with E-state index in [9.17, 15) is 0 Å². The third-order valence-electron chi connectivity index (χ3n) is 2.47. The third kappa shape index (κ3) is 3.83. The highest BCUT2D eigenvalue weighted by molar-refractivity contribution is 5.20. The molecule has 6 nitrogen and oxygen atoms in total. The van der Waals surface area contributed by atoms with E-state index < -0.39 is 0 Å². The molecule has 6 heteroatoms. The van der Waals surface area contributed by atoms with Crippen molar-refractivity contribution < 1.29 is 0 Å². The zero-order chi connectivity index (χ0) is 11.3. The molecule has 0 aliphatic heterocycles. The first kappa shape index (κ1) is 11.9. The van der Waals surface area contributed by atoms with E-state index in [1.54, 1.807) is 4.68 Å². The van der Waals surface area contributed by atoms with Crippen LogP contribution < -0.4 is 5.32 Å². The Bertz CT molecular complexity index is 282. The molecular formula is C9H20N6. The molecule has 0 radical (unpaired) electrons.